The minimum Gasteiger partial charge on any atom is -0.392 e. The zero-order chi connectivity index (χ0) is 10.7. The number of nitrogens with one attached hydrogen (secondary N) is 1. The maximum atomic E-state index is 11.0. The third-order valence-electron chi connectivity index (χ3n) is 1.44. The molecule has 1 aliphatic heterocycles. The van der Waals surface area contributed by atoms with Crippen molar-refractivity contribution < 1.29 is 14.3 Å². The molecule has 0 aromatic carbocycles. The molecule has 2 amide bonds. The van der Waals surface area contributed by atoms with Crippen molar-refractivity contribution in [2.45, 2.75) is 12.8 Å². The Hall–Kier alpha value is -2.12. The lowest BCUT2D eigenvalue weighted by Crippen LogP contribution is -2.31. The van der Waals surface area contributed by atoms with Crippen LogP contribution in [0.3, 0.4) is 0 Å². The van der Waals surface area contributed by atoms with Crippen LogP contribution in [0.5, 0.6) is 0 Å². The summed E-state index contributed by atoms with van der Waals surface area (Å²) < 4.78 is 4.35. The number of carbonyl (C=O) groups excluding carboxylic acids is 2. The highest BCUT2D eigenvalue weighted by atomic mass is 16.5. The van der Waals surface area contributed by atoms with E-state index in [-0.39, 0.29) is 12.8 Å². The van der Waals surface area contributed by atoms with Crippen molar-refractivity contribution in [2.75, 3.05) is 0 Å². The Morgan fingerprint density at radius 2 is 1.86 bits per heavy atom. The third kappa shape index (κ3) is 2.19. The van der Waals surface area contributed by atoms with E-state index in [1.165, 1.54) is 0 Å². The van der Waals surface area contributed by atoms with Crippen LogP contribution in [-0.2, 0) is 14.3 Å². The van der Waals surface area contributed by atoms with Crippen molar-refractivity contribution in [3.8, 4) is 0 Å². The van der Waals surface area contributed by atoms with Gasteiger partial charge in [0.25, 0.3) is 17.8 Å². The zero-order valence-corrected chi connectivity index (χ0v) is 7.19. The van der Waals surface area contributed by atoms with Crippen LogP contribution < -0.4 is 11.5 Å². The van der Waals surface area contributed by atoms with Crippen LogP contribution in [0, 0.1) is 5.41 Å². The highest BCUT2D eigenvalue weighted by Gasteiger charge is 2.29. The van der Waals surface area contributed by atoms with Crippen molar-refractivity contribution in [1.82, 2.24) is 5.01 Å². The van der Waals surface area contributed by atoms with Crippen LogP contribution in [0.25, 0.3) is 0 Å². The average molecular weight is 199 g/mol. The van der Waals surface area contributed by atoms with Gasteiger partial charge in [0.1, 0.15) is 0 Å². The summed E-state index contributed by atoms with van der Waals surface area (Å²) in [5, 5.41) is 10.7. The van der Waals surface area contributed by atoms with Gasteiger partial charge in [0.15, 0.2) is 0 Å². The fourth-order valence-electron chi connectivity index (χ4n) is 0.908. The normalized spacial score (nSPS) is 17.4. The van der Waals surface area contributed by atoms with Crippen molar-refractivity contribution >= 4 is 23.9 Å². The Kier molecular flexibility index (Phi) is 2.65. The molecule has 0 saturated carbocycles. The molecule has 1 aliphatic rings. The first kappa shape index (κ1) is 9.96. The topological polar surface area (TPSA) is 135 Å². The molecule has 0 radical (unpaired) electrons. The number of amides is 2. The SMILES string of the molecule is N=C(N)O/C(N)=N\N1C(=O)CCC1=O. The first-order valence-electron chi connectivity index (χ1n) is 3.72. The second kappa shape index (κ2) is 3.73. The first-order valence-corrected chi connectivity index (χ1v) is 3.72. The molecule has 0 aromatic rings. The quantitative estimate of drug-likeness (QED) is 0.262. The molecular weight excluding hydrogens is 190 g/mol. The first-order chi connectivity index (χ1) is 6.50. The minimum absolute atomic E-state index is 0.107. The molecule has 1 saturated heterocycles. The van der Waals surface area contributed by atoms with Gasteiger partial charge < -0.3 is 16.2 Å². The van der Waals surface area contributed by atoms with Gasteiger partial charge >= 0.3 is 6.02 Å². The monoisotopic (exact) mass is 199 g/mol. The Balaban J connectivity index is 2.70. The van der Waals surface area contributed by atoms with Gasteiger partial charge in [0, 0.05) is 12.8 Å². The predicted molar refractivity (Wildman–Crippen MR) is 45.7 cm³/mol. The molecular formula is C6H9N5O3. The molecule has 1 fully saturated rings. The van der Waals surface area contributed by atoms with E-state index < -0.39 is 23.9 Å². The molecule has 1 rings (SSSR count). The van der Waals surface area contributed by atoms with E-state index in [1.54, 1.807) is 0 Å². The molecule has 1 heterocycles. The summed E-state index contributed by atoms with van der Waals surface area (Å²) in [6, 6.07) is -1.17. The largest absolute Gasteiger partial charge is 0.392 e. The summed E-state index contributed by atoms with van der Waals surface area (Å²) in [5.41, 5.74) is 9.99. The highest BCUT2D eigenvalue weighted by molar-refractivity contribution is 6.02. The smallest absolute Gasteiger partial charge is 0.312 e. The summed E-state index contributed by atoms with van der Waals surface area (Å²) in [6.45, 7) is 0. The van der Waals surface area contributed by atoms with Gasteiger partial charge in [-0.25, -0.2) is 0 Å². The van der Waals surface area contributed by atoms with E-state index >= 15 is 0 Å². The van der Waals surface area contributed by atoms with E-state index in [0.29, 0.717) is 5.01 Å². The van der Waals surface area contributed by atoms with Gasteiger partial charge in [-0.05, 0) is 0 Å². The van der Waals surface area contributed by atoms with Gasteiger partial charge in [0.05, 0.1) is 0 Å². The van der Waals surface area contributed by atoms with E-state index in [4.69, 9.17) is 16.9 Å². The number of amidine groups is 2. The standard InChI is InChI=1S/C6H9N5O3/c7-5(8)14-6(9)10-11-3(12)1-2-4(11)13/h1-2H2,(H3,7,8)(H2,9,10). The van der Waals surface area contributed by atoms with E-state index in [2.05, 4.69) is 9.84 Å². The van der Waals surface area contributed by atoms with Crippen molar-refractivity contribution in [3.63, 3.8) is 0 Å². The van der Waals surface area contributed by atoms with E-state index in [1.807, 2.05) is 0 Å². The van der Waals surface area contributed by atoms with Gasteiger partial charge in [-0.15, -0.1) is 5.10 Å². The van der Waals surface area contributed by atoms with Gasteiger partial charge in [-0.3, -0.25) is 15.0 Å². The molecule has 5 N–H and O–H groups in total. The summed E-state index contributed by atoms with van der Waals surface area (Å²) in [7, 11) is 0. The number of hydrogen-bond donors (Lipinski definition) is 3. The number of imide groups is 1. The minimum atomic E-state index is -0.662. The number of nitrogens with two attached hydrogens (primary N) is 2. The lowest BCUT2D eigenvalue weighted by molar-refractivity contribution is -0.138. The summed E-state index contributed by atoms with van der Waals surface area (Å²) in [4.78, 5) is 22.0. The van der Waals surface area contributed by atoms with Crippen LogP contribution in [0.2, 0.25) is 0 Å². The molecule has 14 heavy (non-hydrogen) atoms. The Morgan fingerprint density at radius 1 is 1.36 bits per heavy atom. The zero-order valence-electron chi connectivity index (χ0n) is 7.19. The van der Waals surface area contributed by atoms with E-state index in [0.717, 1.165) is 0 Å². The number of ether oxygens (including phenoxy) is 1. The molecule has 0 aliphatic carbocycles. The molecule has 0 unspecified atom stereocenters. The molecule has 0 bridgehead atoms. The van der Waals surface area contributed by atoms with Crippen LogP contribution >= 0.6 is 0 Å². The maximum Gasteiger partial charge on any atom is 0.312 e. The van der Waals surface area contributed by atoms with Gasteiger partial charge in [0.2, 0.25) is 0 Å². The average Bonchev–Trinajstić information content (AvgIpc) is 2.34. The van der Waals surface area contributed by atoms with Gasteiger partial charge in [-0.2, -0.15) is 5.01 Å². The lowest BCUT2D eigenvalue weighted by Gasteiger charge is -2.07. The van der Waals surface area contributed by atoms with Crippen molar-refractivity contribution in [3.05, 3.63) is 0 Å². The molecule has 0 atom stereocenters. The van der Waals surface area contributed by atoms with E-state index in [9.17, 15) is 9.59 Å². The number of carbonyl (C=O) groups is 2. The van der Waals surface area contributed by atoms with Crippen molar-refractivity contribution in [1.29, 1.82) is 5.41 Å². The lowest BCUT2D eigenvalue weighted by atomic mass is 10.4. The Labute approximate surface area is 79.0 Å². The maximum absolute atomic E-state index is 11.0. The number of hydrazone groups is 1. The van der Waals surface area contributed by atoms with Crippen LogP contribution in [0.1, 0.15) is 12.8 Å². The van der Waals surface area contributed by atoms with Crippen molar-refractivity contribution in [2.24, 2.45) is 16.6 Å². The molecule has 8 nitrogen and oxygen atoms in total. The highest BCUT2D eigenvalue weighted by Crippen LogP contribution is 2.11. The fraction of sp³-hybridized carbons (Fsp3) is 0.333. The van der Waals surface area contributed by atoms with Crippen LogP contribution in [-0.4, -0.2) is 28.9 Å². The van der Waals surface area contributed by atoms with Gasteiger partial charge in [-0.1, -0.05) is 0 Å². The second-order valence-corrected chi connectivity index (χ2v) is 2.50. The fourth-order valence-corrected chi connectivity index (χ4v) is 0.908. The summed E-state index contributed by atoms with van der Waals surface area (Å²) in [6.07, 6.45) is 0.214. The third-order valence-corrected chi connectivity index (χ3v) is 1.44. The second-order valence-electron chi connectivity index (χ2n) is 2.50. The number of rotatable bonds is 1. The Morgan fingerprint density at radius 3 is 2.29 bits per heavy atom. The van der Waals surface area contributed by atoms with Crippen LogP contribution in [0.15, 0.2) is 5.10 Å². The number of nitrogens with zero attached hydrogens (tertiary/aromatic N) is 2. The molecule has 0 spiro atoms. The summed E-state index contributed by atoms with van der Waals surface area (Å²) in [5.74, 6) is -0.907. The molecule has 76 valence electrons. The molecule has 0 aromatic heterocycles. The number of hydrogen-bond acceptors (Lipinski definition) is 5. The van der Waals surface area contributed by atoms with Crippen LogP contribution in [0.4, 0.5) is 0 Å². The molecule has 8 heteroatoms. The summed E-state index contributed by atoms with van der Waals surface area (Å²) >= 11 is 0. The predicted octanol–water partition coefficient (Wildman–Crippen LogP) is -1.72. The Bertz CT molecular complexity index is 307.